The molecular formula is C24H22FN5OS. The Morgan fingerprint density at radius 3 is 2.62 bits per heavy atom. The van der Waals surface area contributed by atoms with Crippen LogP contribution in [0.5, 0.6) is 0 Å². The SMILES string of the molecule is Cc1ccc(-n2c(SCC(=O)NCc3ccccc3F)nnc2-c2ccccn2)c(C)c1. The number of hydrogen-bond acceptors (Lipinski definition) is 5. The van der Waals surface area contributed by atoms with E-state index in [1.807, 2.05) is 48.7 Å². The molecule has 4 rings (SSSR count). The lowest BCUT2D eigenvalue weighted by molar-refractivity contribution is -0.118. The van der Waals surface area contributed by atoms with E-state index in [0.717, 1.165) is 16.8 Å². The summed E-state index contributed by atoms with van der Waals surface area (Å²) in [5.41, 5.74) is 4.28. The lowest BCUT2D eigenvalue weighted by Crippen LogP contribution is -2.25. The Balaban J connectivity index is 1.56. The molecule has 0 bridgehead atoms. The fraction of sp³-hybridized carbons (Fsp3) is 0.167. The number of aromatic nitrogens is 4. The molecule has 8 heteroatoms. The molecule has 1 N–H and O–H groups in total. The van der Waals surface area contributed by atoms with Gasteiger partial charge in [0.25, 0.3) is 0 Å². The summed E-state index contributed by atoms with van der Waals surface area (Å²) in [7, 11) is 0. The first kappa shape index (κ1) is 21.7. The van der Waals surface area contributed by atoms with Crippen LogP contribution in [0.2, 0.25) is 0 Å². The van der Waals surface area contributed by atoms with E-state index in [1.54, 1.807) is 24.4 Å². The second-order valence-electron chi connectivity index (χ2n) is 7.30. The summed E-state index contributed by atoms with van der Waals surface area (Å²) in [5, 5.41) is 12.0. The number of benzene rings is 2. The number of carbonyl (C=O) groups excluding carboxylic acids is 1. The molecule has 162 valence electrons. The van der Waals surface area contributed by atoms with Crippen LogP contribution in [0.15, 0.2) is 72.0 Å². The van der Waals surface area contributed by atoms with E-state index < -0.39 is 0 Å². The van der Waals surface area contributed by atoms with Gasteiger partial charge in [-0.05, 0) is 43.7 Å². The van der Waals surface area contributed by atoms with E-state index in [2.05, 4.69) is 26.6 Å². The number of carbonyl (C=O) groups is 1. The summed E-state index contributed by atoms with van der Waals surface area (Å²) in [4.78, 5) is 16.8. The van der Waals surface area contributed by atoms with Crippen molar-refractivity contribution < 1.29 is 9.18 Å². The topological polar surface area (TPSA) is 72.7 Å². The predicted molar refractivity (Wildman–Crippen MR) is 123 cm³/mol. The van der Waals surface area contributed by atoms with Crippen LogP contribution in [0.25, 0.3) is 17.2 Å². The van der Waals surface area contributed by atoms with Gasteiger partial charge in [-0.1, -0.05) is 53.7 Å². The van der Waals surface area contributed by atoms with E-state index in [-0.39, 0.29) is 24.0 Å². The van der Waals surface area contributed by atoms with E-state index in [4.69, 9.17) is 0 Å². The van der Waals surface area contributed by atoms with E-state index >= 15 is 0 Å². The quantitative estimate of drug-likeness (QED) is 0.423. The van der Waals surface area contributed by atoms with Gasteiger partial charge in [-0.15, -0.1) is 10.2 Å². The van der Waals surface area contributed by atoms with Crippen molar-refractivity contribution in [3.05, 3.63) is 89.4 Å². The fourth-order valence-electron chi connectivity index (χ4n) is 3.31. The monoisotopic (exact) mass is 447 g/mol. The van der Waals surface area contributed by atoms with Gasteiger partial charge < -0.3 is 5.32 Å². The molecule has 32 heavy (non-hydrogen) atoms. The molecule has 0 aliphatic carbocycles. The van der Waals surface area contributed by atoms with Crippen molar-refractivity contribution >= 4 is 17.7 Å². The highest BCUT2D eigenvalue weighted by atomic mass is 32.2. The highest BCUT2D eigenvalue weighted by Gasteiger charge is 2.19. The summed E-state index contributed by atoms with van der Waals surface area (Å²) >= 11 is 1.27. The van der Waals surface area contributed by atoms with Crippen LogP contribution in [0.4, 0.5) is 4.39 Å². The van der Waals surface area contributed by atoms with Crippen LogP contribution in [0.3, 0.4) is 0 Å². The van der Waals surface area contributed by atoms with Crippen molar-refractivity contribution in [3.8, 4) is 17.2 Å². The number of nitrogens with one attached hydrogen (secondary N) is 1. The summed E-state index contributed by atoms with van der Waals surface area (Å²) in [6.45, 7) is 4.20. The van der Waals surface area contributed by atoms with E-state index in [0.29, 0.717) is 22.2 Å². The van der Waals surface area contributed by atoms with Crippen LogP contribution in [0, 0.1) is 19.7 Å². The summed E-state index contributed by atoms with van der Waals surface area (Å²) in [6, 6.07) is 18.1. The third-order valence-electron chi connectivity index (χ3n) is 4.89. The summed E-state index contributed by atoms with van der Waals surface area (Å²) < 4.78 is 15.7. The number of pyridine rings is 1. The fourth-order valence-corrected chi connectivity index (χ4v) is 4.09. The zero-order valence-corrected chi connectivity index (χ0v) is 18.6. The Hall–Kier alpha value is -3.52. The molecule has 1 amide bonds. The maximum atomic E-state index is 13.8. The van der Waals surface area contributed by atoms with Gasteiger partial charge in [0.05, 0.1) is 11.4 Å². The van der Waals surface area contributed by atoms with E-state index in [9.17, 15) is 9.18 Å². The first-order valence-electron chi connectivity index (χ1n) is 10.1. The number of nitrogens with zero attached hydrogens (tertiary/aromatic N) is 4. The molecular weight excluding hydrogens is 425 g/mol. The van der Waals surface area contributed by atoms with Gasteiger partial charge in [0.1, 0.15) is 11.5 Å². The lowest BCUT2D eigenvalue weighted by atomic mass is 10.1. The Kier molecular flexibility index (Phi) is 6.61. The Labute approximate surface area is 189 Å². The number of hydrogen-bond donors (Lipinski definition) is 1. The number of aryl methyl sites for hydroxylation is 2. The molecule has 0 fully saturated rings. The lowest BCUT2D eigenvalue weighted by Gasteiger charge is -2.13. The first-order chi connectivity index (χ1) is 15.5. The van der Waals surface area contributed by atoms with Crippen molar-refractivity contribution in [2.75, 3.05) is 5.75 Å². The standard InChI is InChI=1S/C24H22FN5OS/c1-16-10-11-21(17(2)13-16)30-23(20-9-5-6-12-26-20)28-29-24(30)32-15-22(31)27-14-18-7-3-4-8-19(18)25/h3-13H,14-15H2,1-2H3,(H,27,31). The minimum absolute atomic E-state index is 0.125. The number of amides is 1. The van der Waals surface area contributed by atoms with Gasteiger partial charge in [-0.2, -0.15) is 0 Å². The molecule has 0 aliphatic rings. The highest BCUT2D eigenvalue weighted by molar-refractivity contribution is 7.99. The zero-order valence-electron chi connectivity index (χ0n) is 17.7. The minimum atomic E-state index is -0.338. The molecule has 4 aromatic rings. The van der Waals surface area contributed by atoms with Crippen molar-refractivity contribution in [2.45, 2.75) is 25.5 Å². The Morgan fingerprint density at radius 2 is 1.88 bits per heavy atom. The largest absolute Gasteiger partial charge is 0.351 e. The van der Waals surface area contributed by atoms with Gasteiger partial charge in [0.2, 0.25) is 5.91 Å². The normalized spacial score (nSPS) is 10.8. The van der Waals surface area contributed by atoms with Gasteiger partial charge in [0, 0.05) is 18.3 Å². The van der Waals surface area contributed by atoms with Crippen LogP contribution in [-0.4, -0.2) is 31.4 Å². The average molecular weight is 448 g/mol. The molecule has 0 radical (unpaired) electrons. The molecule has 0 saturated carbocycles. The zero-order chi connectivity index (χ0) is 22.5. The Bertz CT molecular complexity index is 1240. The van der Waals surface area contributed by atoms with Crippen molar-refractivity contribution in [2.24, 2.45) is 0 Å². The minimum Gasteiger partial charge on any atom is -0.351 e. The summed E-state index contributed by atoms with van der Waals surface area (Å²) in [6.07, 6.45) is 1.71. The van der Waals surface area contributed by atoms with Crippen molar-refractivity contribution in [1.29, 1.82) is 0 Å². The molecule has 2 aromatic heterocycles. The second-order valence-corrected chi connectivity index (χ2v) is 8.25. The maximum absolute atomic E-state index is 13.8. The van der Waals surface area contributed by atoms with Crippen molar-refractivity contribution in [1.82, 2.24) is 25.1 Å². The second kappa shape index (κ2) is 9.74. The van der Waals surface area contributed by atoms with Gasteiger partial charge in [-0.3, -0.25) is 14.3 Å². The highest BCUT2D eigenvalue weighted by Crippen LogP contribution is 2.29. The van der Waals surface area contributed by atoms with Crippen molar-refractivity contribution in [3.63, 3.8) is 0 Å². The maximum Gasteiger partial charge on any atom is 0.230 e. The Morgan fingerprint density at radius 1 is 1.06 bits per heavy atom. The van der Waals surface area contributed by atoms with Gasteiger partial charge in [-0.25, -0.2) is 4.39 Å². The molecule has 2 heterocycles. The van der Waals surface area contributed by atoms with Gasteiger partial charge >= 0.3 is 0 Å². The van der Waals surface area contributed by atoms with E-state index in [1.165, 1.54) is 17.8 Å². The average Bonchev–Trinajstić information content (AvgIpc) is 3.21. The number of halogens is 1. The predicted octanol–water partition coefficient (Wildman–Crippen LogP) is 4.49. The first-order valence-corrected chi connectivity index (χ1v) is 11.1. The van der Waals surface area contributed by atoms with Crippen LogP contribution in [-0.2, 0) is 11.3 Å². The van der Waals surface area contributed by atoms with Crippen LogP contribution < -0.4 is 5.32 Å². The van der Waals surface area contributed by atoms with Crippen LogP contribution >= 0.6 is 11.8 Å². The molecule has 0 atom stereocenters. The third-order valence-corrected chi connectivity index (χ3v) is 5.82. The smallest absolute Gasteiger partial charge is 0.230 e. The molecule has 2 aromatic carbocycles. The molecule has 0 saturated heterocycles. The number of rotatable bonds is 7. The third kappa shape index (κ3) is 4.86. The molecule has 0 unspecified atom stereocenters. The molecule has 0 spiro atoms. The molecule has 6 nitrogen and oxygen atoms in total. The van der Waals surface area contributed by atoms with Gasteiger partial charge in [0.15, 0.2) is 11.0 Å². The van der Waals surface area contributed by atoms with Crippen LogP contribution in [0.1, 0.15) is 16.7 Å². The summed E-state index contributed by atoms with van der Waals surface area (Å²) in [5.74, 6) is 0.175. The molecule has 0 aliphatic heterocycles. The number of thioether (sulfide) groups is 1.